The molecule has 3 rings (SSSR count). The summed E-state index contributed by atoms with van der Waals surface area (Å²) in [6.45, 7) is 1.46. The second-order valence-corrected chi connectivity index (χ2v) is 7.64. The van der Waals surface area contributed by atoms with Gasteiger partial charge in [0, 0.05) is 12.1 Å². The number of nitrogens with one attached hydrogen (secondary N) is 1. The standard InChI is InChI=1S/C20H22N2O3S.ClH/c1-25-20-11-8-16-4-2-3-5-18(16)19(20)14-22-13-12-15-6-9-17(10-7-15)26(21,23)24;/h2-11,22H,12-14H2,1H3,(H2,21,23,24);1H. The van der Waals surface area contributed by atoms with Crippen LogP contribution in [0.25, 0.3) is 10.8 Å². The SMILES string of the molecule is COc1ccc2ccccc2c1CNCCc1ccc(S(N)(=O)=O)cc1.Cl. The monoisotopic (exact) mass is 406 g/mol. The summed E-state index contributed by atoms with van der Waals surface area (Å²) < 4.78 is 28.1. The van der Waals surface area contributed by atoms with Crippen LogP contribution in [0, 0.1) is 0 Å². The summed E-state index contributed by atoms with van der Waals surface area (Å²) in [5, 5.41) is 10.9. The van der Waals surface area contributed by atoms with Crippen LogP contribution in [0.1, 0.15) is 11.1 Å². The first-order chi connectivity index (χ1) is 12.5. The van der Waals surface area contributed by atoms with Crippen LogP contribution in [0.3, 0.4) is 0 Å². The summed E-state index contributed by atoms with van der Waals surface area (Å²) in [4.78, 5) is 0.134. The normalized spacial score (nSPS) is 11.2. The third-order valence-corrected chi connectivity index (χ3v) is 5.29. The van der Waals surface area contributed by atoms with Gasteiger partial charge in [-0.2, -0.15) is 0 Å². The first-order valence-corrected chi connectivity index (χ1v) is 9.91. The molecule has 0 unspecified atom stereocenters. The Morgan fingerprint density at radius 2 is 1.70 bits per heavy atom. The van der Waals surface area contributed by atoms with Crippen molar-refractivity contribution in [1.29, 1.82) is 0 Å². The van der Waals surface area contributed by atoms with Crippen molar-refractivity contribution in [2.45, 2.75) is 17.9 Å². The van der Waals surface area contributed by atoms with Gasteiger partial charge in [-0.15, -0.1) is 12.4 Å². The zero-order chi connectivity index (χ0) is 18.6. The number of primary sulfonamides is 1. The van der Waals surface area contributed by atoms with Crippen LogP contribution in [-0.4, -0.2) is 22.1 Å². The lowest BCUT2D eigenvalue weighted by Crippen LogP contribution is -2.17. The second kappa shape index (κ2) is 9.19. The molecule has 0 saturated heterocycles. The molecule has 0 aliphatic rings. The average Bonchev–Trinajstić information content (AvgIpc) is 2.64. The lowest BCUT2D eigenvalue weighted by molar-refractivity contribution is 0.409. The summed E-state index contributed by atoms with van der Waals surface area (Å²) in [6.07, 6.45) is 0.790. The number of methoxy groups -OCH3 is 1. The fourth-order valence-electron chi connectivity index (χ4n) is 2.98. The van der Waals surface area contributed by atoms with Gasteiger partial charge in [-0.1, -0.05) is 42.5 Å². The summed E-state index contributed by atoms with van der Waals surface area (Å²) >= 11 is 0. The van der Waals surface area contributed by atoms with Crippen molar-refractivity contribution < 1.29 is 13.2 Å². The number of sulfonamides is 1. The van der Waals surface area contributed by atoms with Crippen molar-refractivity contribution in [3.8, 4) is 5.75 Å². The topological polar surface area (TPSA) is 81.4 Å². The Bertz CT molecular complexity index is 1010. The number of hydrogen-bond donors (Lipinski definition) is 2. The Kier molecular flexibility index (Phi) is 7.21. The molecule has 0 aliphatic heterocycles. The van der Waals surface area contributed by atoms with Gasteiger partial charge < -0.3 is 10.1 Å². The minimum absolute atomic E-state index is 0. The van der Waals surface area contributed by atoms with Crippen molar-refractivity contribution in [3.05, 3.63) is 71.8 Å². The Balaban J connectivity index is 0.00000261. The van der Waals surface area contributed by atoms with E-state index < -0.39 is 10.0 Å². The number of halogens is 1. The molecular weight excluding hydrogens is 384 g/mol. The van der Waals surface area contributed by atoms with Gasteiger partial charge in [0.25, 0.3) is 0 Å². The van der Waals surface area contributed by atoms with Crippen molar-refractivity contribution in [2.24, 2.45) is 5.14 Å². The van der Waals surface area contributed by atoms with Gasteiger partial charge in [-0.3, -0.25) is 0 Å². The summed E-state index contributed by atoms with van der Waals surface area (Å²) in [7, 11) is -1.96. The van der Waals surface area contributed by atoms with E-state index >= 15 is 0 Å². The first-order valence-electron chi connectivity index (χ1n) is 8.36. The minimum Gasteiger partial charge on any atom is -0.496 e. The summed E-state index contributed by atoms with van der Waals surface area (Å²) in [6, 6.07) is 19.0. The highest BCUT2D eigenvalue weighted by Gasteiger charge is 2.08. The molecule has 0 radical (unpaired) electrons. The number of benzene rings is 3. The van der Waals surface area contributed by atoms with Crippen LogP contribution in [0.4, 0.5) is 0 Å². The van der Waals surface area contributed by atoms with E-state index in [-0.39, 0.29) is 17.3 Å². The van der Waals surface area contributed by atoms with Crippen molar-refractivity contribution in [1.82, 2.24) is 5.32 Å². The largest absolute Gasteiger partial charge is 0.496 e. The highest BCUT2D eigenvalue weighted by Crippen LogP contribution is 2.27. The van der Waals surface area contributed by atoms with E-state index in [4.69, 9.17) is 9.88 Å². The fraction of sp³-hybridized carbons (Fsp3) is 0.200. The van der Waals surface area contributed by atoms with E-state index in [9.17, 15) is 8.42 Å². The fourth-order valence-corrected chi connectivity index (χ4v) is 3.50. The Morgan fingerprint density at radius 3 is 2.37 bits per heavy atom. The minimum atomic E-state index is -3.64. The van der Waals surface area contributed by atoms with Gasteiger partial charge in [0.15, 0.2) is 0 Å². The van der Waals surface area contributed by atoms with Crippen LogP contribution in [0.2, 0.25) is 0 Å². The van der Waals surface area contributed by atoms with E-state index in [0.717, 1.165) is 29.8 Å². The Labute approximate surface area is 166 Å². The molecule has 0 atom stereocenters. The smallest absolute Gasteiger partial charge is 0.238 e. The molecule has 7 heteroatoms. The lowest BCUT2D eigenvalue weighted by Gasteiger charge is -2.13. The molecule has 0 bridgehead atoms. The van der Waals surface area contributed by atoms with Crippen molar-refractivity contribution in [3.63, 3.8) is 0 Å². The lowest BCUT2D eigenvalue weighted by atomic mass is 10.0. The van der Waals surface area contributed by atoms with E-state index in [2.05, 4.69) is 23.5 Å². The number of hydrogen-bond acceptors (Lipinski definition) is 4. The molecule has 0 amide bonds. The van der Waals surface area contributed by atoms with E-state index in [0.29, 0.717) is 6.54 Å². The van der Waals surface area contributed by atoms with Gasteiger partial charge in [-0.05, 0) is 47.5 Å². The van der Waals surface area contributed by atoms with Gasteiger partial charge >= 0.3 is 0 Å². The molecule has 5 nitrogen and oxygen atoms in total. The molecule has 3 aromatic rings. The average molecular weight is 407 g/mol. The summed E-state index contributed by atoms with van der Waals surface area (Å²) in [5.74, 6) is 0.869. The van der Waals surface area contributed by atoms with Crippen LogP contribution >= 0.6 is 12.4 Å². The van der Waals surface area contributed by atoms with E-state index in [1.54, 1.807) is 31.4 Å². The van der Waals surface area contributed by atoms with E-state index in [1.165, 1.54) is 10.8 Å². The third-order valence-electron chi connectivity index (χ3n) is 4.36. The van der Waals surface area contributed by atoms with Gasteiger partial charge in [0.05, 0.1) is 12.0 Å². The van der Waals surface area contributed by atoms with Gasteiger partial charge in [0.1, 0.15) is 5.75 Å². The zero-order valence-electron chi connectivity index (χ0n) is 15.0. The quantitative estimate of drug-likeness (QED) is 0.590. The molecule has 0 fully saturated rings. The maximum atomic E-state index is 11.3. The number of ether oxygens (including phenoxy) is 1. The predicted octanol–water partition coefficient (Wildman–Crippen LogP) is 3.25. The second-order valence-electron chi connectivity index (χ2n) is 6.08. The molecule has 0 saturated carbocycles. The third kappa shape index (κ3) is 5.20. The molecule has 144 valence electrons. The number of rotatable bonds is 7. The van der Waals surface area contributed by atoms with Gasteiger partial charge in [-0.25, -0.2) is 13.6 Å². The maximum Gasteiger partial charge on any atom is 0.238 e. The molecule has 0 aromatic heterocycles. The maximum absolute atomic E-state index is 11.3. The molecule has 0 heterocycles. The summed E-state index contributed by atoms with van der Waals surface area (Å²) in [5.41, 5.74) is 2.19. The van der Waals surface area contributed by atoms with Gasteiger partial charge in [0.2, 0.25) is 10.0 Å². The van der Waals surface area contributed by atoms with E-state index in [1.807, 2.05) is 18.2 Å². The van der Waals surface area contributed by atoms with Crippen LogP contribution < -0.4 is 15.2 Å². The zero-order valence-corrected chi connectivity index (χ0v) is 16.6. The van der Waals surface area contributed by atoms with Crippen molar-refractivity contribution in [2.75, 3.05) is 13.7 Å². The van der Waals surface area contributed by atoms with Crippen LogP contribution in [0.5, 0.6) is 5.75 Å². The predicted molar refractivity (Wildman–Crippen MR) is 111 cm³/mol. The highest BCUT2D eigenvalue weighted by molar-refractivity contribution is 7.89. The van der Waals surface area contributed by atoms with Crippen LogP contribution in [-0.2, 0) is 23.0 Å². The molecular formula is C20H23ClN2O3S. The molecule has 3 N–H and O–H groups in total. The number of fused-ring (bicyclic) bond motifs is 1. The van der Waals surface area contributed by atoms with Crippen LogP contribution in [0.15, 0.2) is 65.6 Å². The molecule has 27 heavy (non-hydrogen) atoms. The molecule has 0 aliphatic carbocycles. The number of nitrogens with two attached hydrogens (primary N) is 1. The Hall–Kier alpha value is -2.12. The highest BCUT2D eigenvalue weighted by atomic mass is 35.5. The Morgan fingerprint density at radius 1 is 1.00 bits per heavy atom. The first kappa shape index (κ1) is 21.2. The molecule has 0 spiro atoms. The molecule has 3 aromatic carbocycles. The van der Waals surface area contributed by atoms with Crippen molar-refractivity contribution >= 4 is 33.2 Å².